The highest BCUT2D eigenvalue weighted by molar-refractivity contribution is 8.14. The number of carbonyl (C=O) groups is 2. The van der Waals surface area contributed by atoms with E-state index in [0.29, 0.717) is 23.0 Å². The molecule has 130 valence electrons. The predicted octanol–water partition coefficient (Wildman–Crippen LogP) is 3.21. The lowest BCUT2D eigenvalue weighted by molar-refractivity contribution is -0.139. The second-order valence-corrected chi connectivity index (χ2v) is 6.63. The number of thioether (sulfide) groups is 1. The Labute approximate surface area is 149 Å². The van der Waals surface area contributed by atoms with Gasteiger partial charge in [-0.05, 0) is 13.0 Å². The molecule has 3 rings (SSSR count). The third-order valence-corrected chi connectivity index (χ3v) is 4.91. The summed E-state index contributed by atoms with van der Waals surface area (Å²) in [6.45, 7) is 5.21. The van der Waals surface area contributed by atoms with Crippen LogP contribution in [0.4, 0.5) is 4.39 Å². The van der Waals surface area contributed by atoms with Crippen molar-refractivity contribution < 1.29 is 18.7 Å². The smallest absolute Gasteiger partial charge is 0.338 e. The first-order valence-corrected chi connectivity index (χ1v) is 8.80. The van der Waals surface area contributed by atoms with Crippen molar-refractivity contribution >= 4 is 28.8 Å². The monoisotopic (exact) mass is 360 g/mol. The van der Waals surface area contributed by atoms with Gasteiger partial charge in [-0.25, -0.2) is 14.2 Å². The minimum atomic E-state index is -0.883. The van der Waals surface area contributed by atoms with Crippen LogP contribution in [0.15, 0.2) is 53.2 Å². The number of aliphatic imine (C=N–C) groups is 1. The molecule has 1 amide bonds. The Morgan fingerprint density at radius 2 is 2.28 bits per heavy atom. The Bertz CT molecular complexity index is 803. The average Bonchev–Trinajstić information content (AvgIpc) is 2.59. The molecule has 1 atom stereocenters. The number of carbonyl (C=O) groups excluding carboxylic acids is 2. The fraction of sp³-hybridized carbons (Fsp3) is 0.278. The number of halogens is 1. The number of allylic oxidation sites excluding steroid dienone is 1. The summed E-state index contributed by atoms with van der Waals surface area (Å²) in [5, 5.41) is 0.488. The third-order valence-electron chi connectivity index (χ3n) is 3.96. The van der Waals surface area contributed by atoms with E-state index in [4.69, 9.17) is 4.74 Å². The first kappa shape index (κ1) is 17.4. The zero-order chi connectivity index (χ0) is 18.0. The van der Waals surface area contributed by atoms with E-state index >= 15 is 0 Å². The number of fused-ring (bicyclic) bond motifs is 1. The number of ether oxygens (including phenoxy) is 1. The molecule has 2 heterocycles. The van der Waals surface area contributed by atoms with Gasteiger partial charge in [-0.1, -0.05) is 42.6 Å². The van der Waals surface area contributed by atoms with Crippen molar-refractivity contribution in [1.82, 2.24) is 4.90 Å². The van der Waals surface area contributed by atoms with Crippen LogP contribution in [0.25, 0.3) is 0 Å². The lowest BCUT2D eigenvalue weighted by Crippen LogP contribution is -2.46. The van der Waals surface area contributed by atoms with Crippen molar-refractivity contribution in [1.29, 1.82) is 0 Å². The molecule has 1 aromatic carbocycles. The molecule has 0 radical (unpaired) electrons. The standard InChI is InChI=1S/C18H17FN2O3S/c1-3-9-24-17(23)15-11(2)20-18-21(14(22)8-10-25-18)16(15)12-6-4-5-7-13(12)19/h3-7,16H,1,8-10H2,2H3/t16-/m1/s1. The zero-order valence-corrected chi connectivity index (χ0v) is 14.5. The molecule has 0 unspecified atom stereocenters. The Morgan fingerprint density at radius 3 is 3.00 bits per heavy atom. The zero-order valence-electron chi connectivity index (χ0n) is 13.7. The topological polar surface area (TPSA) is 59.0 Å². The van der Waals surface area contributed by atoms with Gasteiger partial charge in [0.15, 0.2) is 5.17 Å². The summed E-state index contributed by atoms with van der Waals surface area (Å²) in [5.41, 5.74) is 0.845. The molecule has 0 saturated carbocycles. The van der Waals surface area contributed by atoms with Gasteiger partial charge in [-0.2, -0.15) is 0 Å². The molecule has 0 N–H and O–H groups in total. The quantitative estimate of drug-likeness (QED) is 0.611. The molecule has 1 fully saturated rings. The highest BCUT2D eigenvalue weighted by Gasteiger charge is 2.42. The number of benzene rings is 1. The molecular formula is C18H17FN2O3S. The van der Waals surface area contributed by atoms with E-state index in [-0.39, 0.29) is 23.7 Å². The van der Waals surface area contributed by atoms with Crippen LogP contribution in [0.2, 0.25) is 0 Å². The summed E-state index contributed by atoms with van der Waals surface area (Å²) in [6.07, 6.45) is 1.76. The molecular weight excluding hydrogens is 343 g/mol. The van der Waals surface area contributed by atoms with E-state index in [2.05, 4.69) is 11.6 Å². The van der Waals surface area contributed by atoms with E-state index in [1.165, 1.54) is 28.8 Å². The normalized spacial score (nSPS) is 20.1. The Hall–Kier alpha value is -2.41. The third kappa shape index (κ3) is 3.24. The molecule has 1 aromatic rings. The highest BCUT2D eigenvalue weighted by atomic mass is 32.2. The summed E-state index contributed by atoms with van der Waals surface area (Å²) in [7, 11) is 0. The van der Waals surface area contributed by atoms with Crippen molar-refractivity contribution in [3.63, 3.8) is 0 Å². The molecule has 7 heteroatoms. The summed E-state index contributed by atoms with van der Waals surface area (Å²) in [6, 6.07) is 5.24. The number of hydrogen-bond donors (Lipinski definition) is 0. The van der Waals surface area contributed by atoms with Gasteiger partial charge in [0.05, 0.1) is 11.3 Å². The van der Waals surface area contributed by atoms with Crippen LogP contribution >= 0.6 is 11.8 Å². The summed E-state index contributed by atoms with van der Waals surface area (Å²) in [5.74, 6) is -0.690. The Morgan fingerprint density at radius 1 is 1.52 bits per heavy atom. The largest absolute Gasteiger partial charge is 0.458 e. The fourth-order valence-corrected chi connectivity index (χ4v) is 3.87. The van der Waals surface area contributed by atoms with Crippen molar-refractivity contribution in [2.75, 3.05) is 12.4 Å². The fourth-order valence-electron chi connectivity index (χ4n) is 2.86. The van der Waals surface area contributed by atoms with E-state index in [0.717, 1.165) is 0 Å². The van der Waals surface area contributed by atoms with Gasteiger partial charge in [0.25, 0.3) is 0 Å². The van der Waals surface area contributed by atoms with Gasteiger partial charge in [-0.3, -0.25) is 9.69 Å². The lowest BCUT2D eigenvalue weighted by Gasteiger charge is -2.38. The first-order chi connectivity index (χ1) is 12.0. The Kier molecular flexibility index (Phi) is 5.03. The van der Waals surface area contributed by atoms with Gasteiger partial charge < -0.3 is 4.74 Å². The van der Waals surface area contributed by atoms with Crippen LogP contribution < -0.4 is 0 Å². The van der Waals surface area contributed by atoms with Crippen molar-refractivity contribution in [2.45, 2.75) is 19.4 Å². The second-order valence-electron chi connectivity index (χ2n) is 5.57. The van der Waals surface area contributed by atoms with Crippen LogP contribution in [0.5, 0.6) is 0 Å². The van der Waals surface area contributed by atoms with Crippen LogP contribution in [-0.4, -0.2) is 34.3 Å². The minimum Gasteiger partial charge on any atom is -0.458 e. The van der Waals surface area contributed by atoms with Crippen LogP contribution in [0.3, 0.4) is 0 Å². The van der Waals surface area contributed by atoms with Crippen molar-refractivity contribution in [2.24, 2.45) is 4.99 Å². The number of rotatable bonds is 4. The van der Waals surface area contributed by atoms with E-state index < -0.39 is 17.8 Å². The van der Waals surface area contributed by atoms with Gasteiger partial charge in [0.1, 0.15) is 18.5 Å². The lowest BCUT2D eigenvalue weighted by atomic mass is 9.94. The first-order valence-electron chi connectivity index (χ1n) is 7.81. The van der Waals surface area contributed by atoms with Crippen LogP contribution in [-0.2, 0) is 14.3 Å². The highest BCUT2D eigenvalue weighted by Crippen LogP contribution is 2.41. The molecule has 0 bridgehead atoms. The van der Waals surface area contributed by atoms with Gasteiger partial charge in [0, 0.05) is 17.7 Å². The number of esters is 1. The Balaban J connectivity index is 2.15. The molecule has 5 nitrogen and oxygen atoms in total. The molecule has 0 aliphatic carbocycles. The maximum atomic E-state index is 14.5. The van der Waals surface area contributed by atoms with Crippen LogP contribution in [0, 0.1) is 5.82 Å². The number of amides is 1. The SMILES string of the molecule is C=CCOC(=O)C1=C(C)N=C2SCCC(=O)N2[C@@H]1c1ccccc1F. The van der Waals surface area contributed by atoms with Gasteiger partial charge in [0.2, 0.25) is 5.91 Å². The number of amidine groups is 1. The predicted molar refractivity (Wildman–Crippen MR) is 94.4 cm³/mol. The summed E-state index contributed by atoms with van der Waals surface area (Å²) in [4.78, 5) is 30.9. The summed E-state index contributed by atoms with van der Waals surface area (Å²) < 4.78 is 19.7. The molecule has 25 heavy (non-hydrogen) atoms. The van der Waals surface area contributed by atoms with Crippen LogP contribution in [0.1, 0.15) is 24.9 Å². The van der Waals surface area contributed by atoms with Gasteiger partial charge in [-0.15, -0.1) is 0 Å². The molecule has 0 spiro atoms. The molecule has 2 aliphatic rings. The second kappa shape index (κ2) is 7.23. The van der Waals surface area contributed by atoms with E-state index in [9.17, 15) is 14.0 Å². The number of nitrogens with zero attached hydrogens (tertiary/aromatic N) is 2. The molecule has 2 aliphatic heterocycles. The van der Waals surface area contributed by atoms with E-state index in [1.54, 1.807) is 25.1 Å². The molecule has 0 aromatic heterocycles. The van der Waals surface area contributed by atoms with Crippen molar-refractivity contribution in [3.05, 3.63) is 59.6 Å². The minimum absolute atomic E-state index is 0.0267. The van der Waals surface area contributed by atoms with Gasteiger partial charge >= 0.3 is 5.97 Å². The number of hydrogen-bond acceptors (Lipinski definition) is 5. The van der Waals surface area contributed by atoms with E-state index in [1.807, 2.05) is 0 Å². The maximum absolute atomic E-state index is 14.5. The maximum Gasteiger partial charge on any atom is 0.338 e. The molecule has 1 saturated heterocycles. The summed E-state index contributed by atoms with van der Waals surface area (Å²) >= 11 is 1.42. The van der Waals surface area contributed by atoms with Crippen molar-refractivity contribution in [3.8, 4) is 0 Å². The average molecular weight is 360 g/mol.